The third-order valence-electron chi connectivity index (χ3n) is 3.23. The first kappa shape index (κ1) is 14.1. The quantitative estimate of drug-likeness (QED) is 0.618. The summed E-state index contributed by atoms with van der Waals surface area (Å²) >= 11 is 3.57. The van der Waals surface area contributed by atoms with Crippen LogP contribution < -0.4 is 0 Å². The maximum Gasteiger partial charge on any atom is 0.328 e. The van der Waals surface area contributed by atoms with Gasteiger partial charge in [0.1, 0.15) is 5.60 Å². The monoisotopic (exact) mass is 321 g/mol. The molecular weight excluding hydrogens is 306 g/mol. The molecule has 1 aliphatic rings. The minimum Gasteiger partial charge on any atom is -0.459 e. The zero-order valence-corrected chi connectivity index (χ0v) is 12.8. The summed E-state index contributed by atoms with van der Waals surface area (Å²) in [4.78, 5) is 12.3. The zero-order valence-electron chi connectivity index (χ0n) is 11.2. The van der Waals surface area contributed by atoms with E-state index in [0.29, 0.717) is 6.42 Å². The van der Waals surface area contributed by atoms with Gasteiger partial charge in [-0.15, -0.1) is 0 Å². The van der Waals surface area contributed by atoms with Crippen LogP contribution in [0.5, 0.6) is 0 Å². The first-order chi connectivity index (χ1) is 8.75. The number of hydrogen-bond acceptors (Lipinski definition) is 3. The number of rotatable bonds is 2. The van der Waals surface area contributed by atoms with E-state index in [2.05, 4.69) is 22.0 Å². The molecule has 0 aromatic heterocycles. The van der Waals surface area contributed by atoms with E-state index in [1.54, 1.807) is 20.8 Å². The molecule has 1 aromatic carbocycles. The van der Waals surface area contributed by atoms with E-state index in [0.717, 1.165) is 5.56 Å². The smallest absolute Gasteiger partial charge is 0.328 e. The average molecular weight is 322 g/mol. The van der Waals surface area contributed by atoms with Gasteiger partial charge in [0.15, 0.2) is 5.41 Å². The van der Waals surface area contributed by atoms with Crippen LogP contribution in [0.25, 0.3) is 0 Å². The molecule has 1 aliphatic carbocycles. The van der Waals surface area contributed by atoms with Crippen LogP contribution in [0, 0.1) is 16.7 Å². The molecule has 0 unspecified atom stereocenters. The molecule has 3 nitrogen and oxygen atoms in total. The van der Waals surface area contributed by atoms with Crippen LogP contribution in [0.15, 0.2) is 30.3 Å². The highest BCUT2D eigenvalue weighted by Gasteiger charge is 2.74. The Kier molecular flexibility index (Phi) is 3.22. The molecule has 0 radical (unpaired) electrons. The minimum atomic E-state index is -1.12. The molecule has 1 aromatic rings. The van der Waals surface area contributed by atoms with Crippen molar-refractivity contribution in [3.8, 4) is 6.07 Å². The van der Waals surface area contributed by atoms with E-state index in [4.69, 9.17) is 4.74 Å². The van der Waals surface area contributed by atoms with Gasteiger partial charge in [0.25, 0.3) is 0 Å². The van der Waals surface area contributed by atoms with Crippen molar-refractivity contribution in [1.82, 2.24) is 0 Å². The number of nitrogens with zero attached hydrogens (tertiary/aromatic N) is 1. The van der Waals surface area contributed by atoms with Crippen LogP contribution in [-0.4, -0.2) is 11.6 Å². The standard InChI is InChI=1S/C15H16BrNO2/c1-13(2,3)19-12(18)14(10-17)9-15(14,16)11-7-5-4-6-8-11/h4-8H,9H2,1-3H3/t14-,15+/m0/s1. The fraction of sp³-hybridized carbons (Fsp3) is 0.467. The van der Waals surface area contributed by atoms with E-state index in [1.807, 2.05) is 30.3 Å². The molecule has 0 saturated heterocycles. The van der Waals surface area contributed by atoms with E-state index in [1.165, 1.54) is 0 Å². The number of halogens is 1. The molecule has 2 atom stereocenters. The lowest BCUT2D eigenvalue weighted by Crippen LogP contribution is -2.32. The summed E-state index contributed by atoms with van der Waals surface area (Å²) in [7, 11) is 0. The number of esters is 1. The molecule has 0 heterocycles. The van der Waals surface area contributed by atoms with Crippen LogP contribution in [-0.2, 0) is 13.9 Å². The van der Waals surface area contributed by atoms with Crippen molar-refractivity contribution in [3.63, 3.8) is 0 Å². The Labute approximate surface area is 121 Å². The fourth-order valence-corrected chi connectivity index (χ4v) is 3.08. The molecule has 2 rings (SSSR count). The Balaban J connectivity index is 2.30. The van der Waals surface area contributed by atoms with Gasteiger partial charge in [-0.05, 0) is 32.8 Å². The van der Waals surface area contributed by atoms with Gasteiger partial charge in [0.05, 0.1) is 10.4 Å². The Morgan fingerprint density at radius 3 is 2.42 bits per heavy atom. The minimum absolute atomic E-state index is 0.440. The largest absolute Gasteiger partial charge is 0.459 e. The summed E-state index contributed by atoms with van der Waals surface area (Å²) in [6, 6.07) is 11.7. The molecular formula is C15H16BrNO2. The summed E-state index contributed by atoms with van der Waals surface area (Å²) in [6.45, 7) is 5.41. The number of benzene rings is 1. The van der Waals surface area contributed by atoms with E-state index >= 15 is 0 Å². The Hall–Kier alpha value is -1.34. The third-order valence-corrected chi connectivity index (χ3v) is 4.64. The molecule has 0 N–H and O–H groups in total. The third kappa shape index (κ3) is 2.28. The van der Waals surface area contributed by atoms with Gasteiger partial charge in [-0.25, -0.2) is 0 Å². The van der Waals surface area contributed by atoms with E-state index in [-0.39, 0.29) is 0 Å². The van der Waals surface area contributed by atoms with Crippen molar-refractivity contribution >= 4 is 21.9 Å². The van der Waals surface area contributed by atoms with Crippen LogP contribution in [0.2, 0.25) is 0 Å². The Bertz CT molecular complexity index is 544. The fourth-order valence-electron chi connectivity index (χ4n) is 2.14. The second-order valence-electron chi connectivity index (χ2n) is 5.86. The van der Waals surface area contributed by atoms with Gasteiger partial charge >= 0.3 is 5.97 Å². The molecule has 4 heteroatoms. The number of hydrogen-bond donors (Lipinski definition) is 0. The number of ether oxygens (including phenoxy) is 1. The first-order valence-electron chi connectivity index (χ1n) is 6.14. The summed E-state index contributed by atoms with van der Waals surface area (Å²) in [6.07, 6.45) is 0.440. The maximum absolute atomic E-state index is 12.3. The lowest BCUT2D eigenvalue weighted by atomic mass is 10.00. The van der Waals surface area contributed by atoms with Crippen LogP contribution >= 0.6 is 15.9 Å². The Morgan fingerprint density at radius 1 is 1.37 bits per heavy atom. The predicted octanol–water partition coefficient (Wildman–Crippen LogP) is 3.53. The van der Waals surface area contributed by atoms with Gasteiger partial charge in [0, 0.05) is 0 Å². The molecule has 0 bridgehead atoms. The van der Waals surface area contributed by atoms with Gasteiger partial charge < -0.3 is 4.74 Å². The lowest BCUT2D eigenvalue weighted by molar-refractivity contribution is -0.159. The molecule has 0 aliphatic heterocycles. The van der Waals surface area contributed by atoms with Gasteiger partial charge in [-0.3, -0.25) is 4.79 Å². The van der Waals surface area contributed by atoms with Crippen molar-refractivity contribution in [2.45, 2.75) is 37.1 Å². The van der Waals surface area contributed by atoms with Crippen molar-refractivity contribution in [1.29, 1.82) is 5.26 Å². The van der Waals surface area contributed by atoms with Crippen LogP contribution in [0.1, 0.15) is 32.8 Å². The topological polar surface area (TPSA) is 50.1 Å². The molecule has 1 fully saturated rings. The second-order valence-corrected chi connectivity index (χ2v) is 7.22. The number of nitriles is 1. The number of carbonyl (C=O) groups excluding carboxylic acids is 1. The normalized spacial score (nSPS) is 29.4. The first-order valence-corrected chi connectivity index (χ1v) is 6.94. The van der Waals surface area contributed by atoms with Crippen molar-refractivity contribution < 1.29 is 9.53 Å². The molecule has 100 valence electrons. The number of alkyl halides is 1. The number of carbonyl (C=O) groups is 1. The van der Waals surface area contributed by atoms with Crippen molar-refractivity contribution in [2.75, 3.05) is 0 Å². The molecule has 0 spiro atoms. The maximum atomic E-state index is 12.3. The predicted molar refractivity (Wildman–Crippen MR) is 75.6 cm³/mol. The summed E-state index contributed by atoms with van der Waals surface area (Å²) in [5.41, 5.74) is -0.780. The van der Waals surface area contributed by atoms with Gasteiger partial charge in [-0.2, -0.15) is 5.26 Å². The average Bonchev–Trinajstić information content (AvgIpc) is 2.97. The molecule has 19 heavy (non-hydrogen) atoms. The van der Waals surface area contributed by atoms with Gasteiger partial charge in [-0.1, -0.05) is 46.3 Å². The van der Waals surface area contributed by atoms with E-state index in [9.17, 15) is 10.1 Å². The highest BCUT2D eigenvalue weighted by molar-refractivity contribution is 9.10. The molecule has 0 amide bonds. The van der Waals surface area contributed by atoms with E-state index < -0.39 is 21.3 Å². The van der Waals surface area contributed by atoms with Crippen LogP contribution in [0.4, 0.5) is 0 Å². The summed E-state index contributed by atoms with van der Waals surface area (Å²) < 4.78 is 4.75. The van der Waals surface area contributed by atoms with Gasteiger partial charge in [0.2, 0.25) is 0 Å². The highest BCUT2D eigenvalue weighted by atomic mass is 79.9. The summed E-state index contributed by atoms with van der Waals surface area (Å²) in [5, 5.41) is 9.44. The lowest BCUT2D eigenvalue weighted by Gasteiger charge is -2.23. The zero-order chi connectivity index (χ0) is 14.3. The van der Waals surface area contributed by atoms with Crippen LogP contribution in [0.3, 0.4) is 0 Å². The van der Waals surface area contributed by atoms with Crippen molar-refractivity contribution in [3.05, 3.63) is 35.9 Å². The molecule has 1 saturated carbocycles. The summed E-state index contributed by atoms with van der Waals surface area (Å²) in [5.74, 6) is -0.455. The highest BCUT2D eigenvalue weighted by Crippen LogP contribution is 2.69. The van der Waals surface area contributed by atoms with Crippen molar-refractivity contribution in [2.24, 2.45) is 5.41 Å². The Morgan fingerprint density at radius 2 is 1.95 bits per heavy atom. The SMILES string of the molecule is CC(C)(C)OC(=O)[C@@]1(C#N)C[C@@]1(Br)c1ccccc1. The second kappa shape index (κ2) is 4.35.